The Hall–Kier alpha value is -1.13. The highest BCUT2D eigenvalue weighted by atomic mass is 16.5. The fourth-order valence-electron chi connectivity index (χ4n) is 2.91. The lowest BCUT2D eigenvalue weighted by Crippen LogP contribution is -2.38. The molecule has 1 aromatic heterocycles. The second-order valence-corrected chi connectivity index (χ2v) is 5.82. The smallest absolute Gasteiger partial charge is 0.0637 e. The SMILES string of the molecule is COCCN(c1cc(C)nc(C)c1CN)C(C)C1CC1. The molecule has 0 aromatic carbocycles. The maximum absolute atomic E-state index is 5.96. The van der Waals surface area contributed by atoms with Gasteiger partial charge < -0.3 is 15.4 Å². The molecule has 0 bridgehead atoms. The van der Waals surface area contributed by atoms with E-state index in [1.807, 2.05) is 6.92 Å². The zero-order chi connectivity index (χ0) is 14.7. The summed E-state index contributed by atoms with van der Waals surface area (Å²) in [6.45, 7) is 8.60. The summed E-state index contributed by atoms with van der Waals surface area (Å²) in [5.41, 5.74) is 10.5. The van der Waals surface area contributed by atoms with E-state index in [1.54, 1.807) is 7.11 Å². The van der Waals surface area contributed by atoms with E-state index in [4.69, 9.17) is 10.5 Å². The Morgan fingerprint density at radius 1 is 1.45 bits per heavy atom. The maximum Gasteiger partial charge on any atom is 0.0637 e. The second kappa shape index (κ2) is 6.55. The third kappa shape index (κ3) is 3.30. The Labute approximate surface area is 122 Å². The first-order valence-corrected chi connectivity index (χ1v) is 7.51. The Bertz CT molecular complexity index is 457. The van der Waals surface area contributed by atoms with Gasteiger partial charge in [0.15, 0.2) is 0 Å². The predicted octanol–water partition coefficient (Wildman–Crippen LogP) is 2.41. The minimum atomic E-state index is 0.537. The standard InChI is InChI=1S/C16H27N3O/c1-11-9-16(15(10-17)12(2)18-11)19(7-8-20-4)13(3)14-5-6-14/h9,13-14H,5-8,10,17H2,1-4H3. The van der Waals surface area contributed by atoms with Crippen LogP contribution in [-0.4, -0.2) is 31.3 Å². The summed E-state index contributed by atoms with van der Waals surface area (Å²) in [7, 11) is 1.76. The number of rotatable bonds is 7. The molecule has 2 rings (SSSR count). The van der Waals surface area contributed by atoms with Gasteiger partial charge in [0.1, 0.15) is 0 Å². The number of methoxy groups -OCH3 is 1. The molecule has 0 aliphatic heterocycles. The van der Waals surface area contributed by atoms with Crippen molar-refractivity contribution < 1.29 is 4.74 Å². The van der Waals surface area contributed by atoms with Crippen molar-refractivity contribution in [2.45, 2.75) is 46.2 Å². The van der Waals surface area contributed by atoms with Crippen LogP contribution in [0.25, 0.3) is 0 Å². The molecule has 2 N–H and O–H groups in total. The highest BCUT2D eigenvalue weighted by molar-refractivity contribution is 5.57. The summed E-state index contributed by atoms with van der Waals surface area (Å²) in [5.74, 6) is 0.811. The lowest BCUT2D eigenvalue weighted by atomic mass is 10.1. The Balaban J connectivity index is 2.35. The van der Waals surface area contributed by atoms with Crippen molar-refractivity contribution >= 4 is 5.69 Å². The quantitative estimate of drug-likeness (QED) is 0.831. The van der Waals surface area contributed by atoms with Gasteiger partial charge in [0.2, 0.25) is 0 Å². The topological polar surface area (TPSA) is 51.4 Å². The fraction of sp³-hybridized carbons (Fsp3) is 0.688. The van der Waals surface area contributed by atoms with Gasteiger partial charge in [-0.25, -0.2) is 0 Å². The van der Waals surface area contributed by atoms with E-state index in [0.717, 1.165) is 30.5 Å². The van der Waals surface area contributed by atoms with E-state index < -0.39 is 0 Å². The number of hydrogen-bond donors (Lipinski definition) is 1. The van der Waals surface area contributed by atoms with Crippen LogP contribution in [0.4, 0.5) is 5.69 Å². The molecule has 4 heteroatoms. The van der Waals surface area contributed by atoms with Crippen LogP contribution in [-0.2, 0) is 11.3 Å². The van der Waals surface area contributed by atoms with Crippen molar-refractivity contribution in [2.75, 3.05) is 25.2 Å². The van der Waals surface area contributed by atoms with Crippen molar-refractivity contribution in [3.8, 4) is 0 Å². The first kappa shape index (κ1) is 15.3. The lowest BCUT2D eigenvalue weighted by molar-refractivity contribution is 0.202. The van der Waals surface area contributed by atoms with Crippen LogP contribution in [0.3, 0.4) is 0 Å². The molecular formula is C16H27N3O. The summed E-state index contributed by atoms with van der Waals surface area (Å²) in [5, 5.41) is 0. The monoisotopic (exact) mass is 277 g/mol. The van der Waals surface area contributed by atoms with Gasteiger partial charge in [-0.05, 0) is 45.6 Å². The van der Waals surface area contributed by atoms with Crippen LogP contribution in [0.2, 0.25) is 0 Å². The zero-order valence-electron chi connectivity index (χ0n) is 13.1. The van der Waals surface area contributed by atoms with E-state index in [1.165, 1.54) is 24.1 Å². The first-order chi connectivity index (χ1) is 9.58. The van der Waals surface area contributed by atoms with Crippen LogP contribution in [0.15, 0.2) is 6.07 Å². The van der Waals surface area contributed by atoms with Gasteiger partial charge in [-0.2, -0.15) is 0 Å². The molecule has 1 unspecified atom stereocenters. The average molecular weight is 277 g/mol. The van der Waals surface area contributed by atoms with Crippen LogP contribution in [0.5, 0.6) is 0 Å². The molecule has 0 amide bonds. The van der Waals surface area contributed by atoms with Crippen molar-refractivity contribution in [3.63, 3.8) is 0 Å². The minimum Gasteiger partial charge on any atom is -0.383 e. The van der Waals surface area contributed by atoms with E-state index in [0.29, 0.717) is 12.6 Å². The molecule has 1 saturated carbocycles. The summed E-state index contributed by atoms with van der Waals surface area (Å²) >= 11 is 0. The molecule has 1 aromatic rings. The highest BCUT2D eigenvalue weighted by Gasteiger charge is 2.33. The van der Waals surface area contributed by atoms with Gasteiger partial charge in [0.05, 0.1) is 6.61 Å². The molecule has 1 fully saturated rings. The molecule has 0 radical (unpaired) electrons. The molecule has 4 nitrogen and oxygen atoms in total. The van der Waals surface area contributed by atoms with Crippen molar-refractivity contribution in [1.82, 2.24) is 4.98 Å². The molecule has 20 heavy (non-hydrogen) atoms. The van der Waals surface area contributed by atoms with E-state index >= 15 is 0 Å². The van der Waals surface area contributed by atoms with Crippen molar-refractivity contribution in [2.24, 2.45) is 11.7 Å². The lowest BCUT2D eigenvalue weighted by Gasteiger charge is -2.33. The van der Waals surface area contributed by atoms with E-state index in [9.17, 15) is 0 Å². The van der Waals surface area contributed by atoms with Crippen LogP contribution >= 0.6 is 0 Å². The number of aromatic nitrogens is 1. The minimum absolute atomic E-state index is 0.537. The number of nitrogens with two attached hydrogens (primary N) is 1. The largest absolute Gasteiger partial charge is 0.383 e. The molecule has 1 aliphatic carbocycles. The molecule has 1 heterocycles. The number of ether oxygens (including phenoxy) is 1. The number of nitrogens with zero attached hydrogens (tertiary/aromatic N) is 2. The summed E-state index contributed by atoms with van der Waals surface area (Å²) in [4.78, 5) is 7.01. The Morgan fingerprint density at radius 3 is 2.70 bits per heavy atom. The number of aryl methyl sites for hydroxylation is 2. The molecule has 0 saturated heterocycles. The Kier molecular flexibility index (Phi) is 5.00. The number of pyridine rings is 1. The van der Waals surface area contributed by atoms with Crippen LogP contribution in [0, 0.1) is 19.8 Å². The summed E-state index contributed by atoms with van der Waals surface area (Å²) in [6.07, 6.45) is 2.68. The van der Waals surface area contributed by atoms with Gasteiger partial charge in [0, 0.05) is 48.9 Å². The van der Waals surface area contributed by atoms with E-state index in [2.05, 4.69) is 29.8 Å². The second-order valence-electron chi connectivity index (χ2n) is 5.82. The molecular weight excluding hydrogens is 250 g/mol. The number of hydrogen-bond acceptors (Lipinski definition) is 4. The molecule has 112 valence electrons. The summed E-state index contributed by atoms with van der Waals surface area (Å²) < 4.78 is 5.29. The molecule has 1 aliphatic rings. The van der Waals surface area contributed by atoms with Crippen molar-refractivity contribution in [1.29, 1.82) is 0 Å². The maximum atomic E-state index is 5.96. The summed E-state index contributed by atoms with van der Waals surface area (Å²) in [6, 6.07) is 2.71. The van der Waals surface area contributed by atoms with Gasteiger partial charge in [0.25, 0.3) is 0 Å². The molecule has 0 spiro atoms. The highest BCUT2D eigenvalue weighted by Crippen LogP contribution is 2.38. The van der Waals surface area contributed by atoms with Crippen molar-refractivity contribution in [3.05, 3.63) is 23.0 Å². The molecule has 1 atom stereocenters. The van der Waals surface area contributed by atoms with Gasteiger partial charge in [-0.1, -0.05) is 0 Å². The average Bonchev–Trinajstić information content (AvgIpc) is 3.22. The third-order valence-corrected chi connectivity index (χ3v) is 4.28. The van der Waals surface area contributed by atoms with Crippen LogP contribution in [0.1, 0.15) is 36.7 Å². The van der Waals surface area contributed by atoms with Gasteiger partial charge in [-0.3, -0.25) is 4.98 Å². The van der Waals surface area contributed by atoms with Gasteiger partial charge >= 0.3 is 0 Å². The van der Waals surface area contributed by atoms with Crippen LogP contribution < -0.4 is 10.6 Å². The number of anilines is 1. The Morgan fingerprint density at radius 2 is 2.15 bits per heavy atom. The fourth-order valence-corrected chi connectivity index (χ4v) is 2.91. The first-order valence-electron chi connectivity index (χ1n) is 7.51. The predicted molar refractivity (Wildman–Crippen MR) is 83.0 cm³/mol. The van der Waals surface area contributed by atoms with Gasteiger partial charge in [-0.15, -0.1) is 0 Å². The third-order valence-electron chi connectivity index (χ3n) is 4.28. The zero-order valence-corrected chi connectivity index (χ0v) is 13.1. The normalized spacial score (nSPS) is 16.2. The van der Waals surface area contributed by atoms with E-state index in [-0.39, 0.29) is 0 Å².